The lowest BCUT2D eigenvalue weighted by atomic mass is 10.0. The van der Waals surface area contributed by atoms with Crippen molar-refractivity contribution >= 4 is 34.2 Å². The van der Waals surface area contributed by atoms with Crippen LogP contribution in [0.3, 0.4) is 0 Å². The normalized spacial score (nSPS) is 16.1. The number of hydrogen-bond donors (Lipinski definition) is 1. The Bertz CT molecular complexity index is 479. The zero-order valence-corrected chi connectivity index (χ0v) is 12.4. The summed E-state index contributed by atoms with van der Waals surface area (Å²) in [5.41, 5.74) is 5.90. The molecule has 2 rings (SSSR count). The van der Waals surface area contributed by atoms with Gasteiger partial charge in [-0.15, -0.1) is 12.4 Å². The van der Waals surface area contributed by atoms with Gasteiger partial charge >= 0.3 is 0 Å². The average molecular weight is 356 g/mol. The molecule has 2 N–H and O–H groups in total. The van der Waals surface area contributed by atoms with Crippen LogP contribution in [0.15, 0.2) is 16.6 Å². The molecule has 1 aliphatic heterocycles. The Morgan fingerprint density at radius 2 is 1.79 bits per heavy atom. The van der Waals surface area contributed by atoms with Gasteiger partial charge in [-0.3, -0.25) is 4.79 Å². The van der Waals surface area contributed by atoms with Gasteiger partial charge in [-0.05, 0) is 40.9 Å². The molecule has 0 aromatic heterocycles. The summed E-state index contributed by atoms with van der Waals surface area (Å²) in [7, 11) is 0. The van der Waals surface area contributed by atoms with Crippen molar-refractivity contribution in [2.75, 3.05) is 13.1 Å². The van der Waals surface area contributed by atoms with E-state index in [0.29, 0.717) is 13.1 Å². The number of halogens is 4. The number of hydrogen-bond acceptors (Lipinski definition) is 2. The second kappa shape index (κ2) is 6.63. The van der Waals surface area contributed by atoms with E-state index in [1.165, 1.54) is 0 Å². The Kier molecular flexibility index (Phi) is 5.70. The molecule has 1 amide bonds. The second-order valence-corrected chi connectivity index (χ2v) is 5.23. The summed E-state index contributed by atoms with van der Waals surface area (Å²) in [4.78, 5) is 13.8. The first-order valence-electron chi connectivity index (χ1n) is 5.68. The minimum absolute atomic E-state index is 0. The van der Waals surface area contributed by atoms with Crippen LogP contribution in [0.5, 0.6) is 0 Å². The number of rotatable bonds is 1. The highest BCUT2D eigenvalue weighted by Crippen LogP contribution is 2.23. The van der Waals surface area contributed by atoms with E-state index in [-0.39, 0.29) is 34.4 Å². The van der Waals surface area contributed by atoms with Gasteiger partial charge in [-0.2, -0.15) is 0 Å². The number of carbonyl (C=O) groups is 1. The fourth-order valence-electron chi connectivity index (χ4n) is 1.96. The van der Waals surface area contributed by atoms with Crippen LogP contribution in [0.25, 0.3) is 0 Å². The smallest absolute Gasteiger partial charge is 0.255 e. The molecular formula is C12H14BrClF2N2O. The zero-order chi connectivity index (χ0) is 13.3. The lowest BCUT2D eigenvalue weighted by Gasteiger charge is -2.30. The summed E-state index contributed by atoms with van der Waals surface area (Å²) < 4.78 is 26.4. The molecular weight excluding hydrogens is 341 g/mol. The SMILES string of the molecule is Cl.NC1CCN(C(=O)c2cc(F)c(F)cc2Br)CC1. The topological polar surface area (TPSA) is 46.3 Å². The number of nitrogens with two attached hydrogens (primary N) is 1. The van der Waals surface area contributed by atoms with E-state index in [0.717, 1.165) is 25.0 Å². The highest BCUT2D eigenvalue weighted by Gasteiger charge is 2.24. The van der Waals surface area contributed by atoms with Crippen LogP contribution in [0.2, 0.25) is 0 Å². The first-order chi connectivity index (χ1) is 8.49. The van der Waals surface area contributed by atoms with Gasteiger partial charge < -0.3 is 10.6 Å². The number of carbonyl (C=O) groups excluding carboxylic acids is 1. The molecule has 106 valence electrons. The van der Waals surface area contributed by atoms with Crippen molar-refractivity contribution in [3.8, 4) is 0 Å². The molecule has 0 spiro atoms. The number of piperidine rings is 1. The minimum Gasteiger partial charge on any atom is -0.338 e. The number of nitrogens with zero attached hydrogens (tertiary/aromatic N) is 1. The molecule has 1 fully saturated rings. The zero-order valence-electron chi connectivity index (χ0n) is 10.0. The third kappa shape index (κ3) is 3.64. The third-order valence-corrected chi connectivity index (χ3v) is 3.72. The number of benzene rings is 1. The summed E-state index contributed by atoms with van der Waals surface area (Å²) in [6.07, 6.45) is 1.46. The molecule has 1 heterocycles. The number of likely N-dealkylation sites (tertiary alicyclic amines) is 1. The standard InChI is InChI=1S/C12H13BrF2N2O.ClH/c13-9-6-11(15)10(14)5-8(9)12(18)17-3-1-7(16)2-4-17;/h5-7H,1-4,16H2;1H. The molecule has 0 saturated carbocycles. The molecule has 1 aromatic rings. The van der Waals surface area contributed by atoms with Crippen molar-refractivity contribution in [3.05, 3.63) is 33.8 Å². The van der Waals surface area contributed by atoms with E-state index in [9.17, 15) is 13.6 Å². The first kappa shape index (κ1) is 16.3. The molecule has 0 bridgehead atoms. The van der Waals surface area contributed by atoms with Crippen LogP contribution < -0.4 is 5.73 Å². The lowest BCUT2D eigenvalue weighted by molar-refractivity contribution is 0.0713. The van der Waals surface area contributed by atoms with E-state index in [1.807, 2.05) is 0 Å². The average Bonchev–Trinajstić information content (AvgIpc) is 2.34. The predicted molar refractivity (Wildman–Crippen MR) is 74.4 cm³/mol. The van der Waals surface area contributed by atoms with E-state index in [1.54, 1.807) is 4.90 Å². The van der Waals surface area contributed by atoms with E-state index < -0.39 is 11.6 Å². The Balaban J connectivity index is 0.00000180. The highest BCUT2D eigenvalue weighted by molar-refractivity contribution is 9.10. The summed E-state index contributed by atoms with van der Waals surface area (Å²) in [6, 6.07) is 2.01. The largest absolute Gasteiger partial charge is 0.338 e. The Labute approximate surface area is 124 Å². The van der Waals surface area contributed by atoms with Crippen LogP contribution in [0.4, 0.5) is 8.78 Å². The molecule has 0 atom stereocenters. The highest BCUT2D eigenvalue weighted by atomic mass is 79.9. The summed E-state index contributed by atoms with van der Waals surface area (Å²) in [6.45, 7) is 1.09. The maximum atomic E-state index is 13.2. The lowest BCUT2D eigenvalue weighted by Crippen LogP contribution is -2.43. The fourth-order valence-corrected chi connectivity index (χ4v) is 2.44. The molecule has 0 aliphatic carbocycles. The quantitative estimate of drug-likeness (QED) is 0.787. The van der Waals surface area contributed by atoms with Crippen molar-refractivity contribution in [1.82, 2.24) is 4.90 Å². The van der Waals surface area contributed by atoms with Crippen molar-refractivity contribution in [2.24, 2.45) is 5.73 Å². The van der Waals surface area contributed by atoms with Gasteiger partial charge in [-0.1, -0.05) is 0 Å². The van der Waals surface area contributed by atoms with Gasteiger partial charge in [-0.25, -0.2) is 8.78 Å². The van der Waals surface area contributed by atoms with Crippen molar-refractivity contribution < 1.29 is 13.6 Å². The van der Waals surface area contributed by atoms with Crippen molar-refractivity contribution in [1.29, 1.82) is 0 Å². The summed E-state index contributed by atoms with van der Waals surface area (Å²) >= 11 is 3.08. The van der Waals surface area contributed by atoms with Gasteiger partial charge in [0, 0.05) is 23.6 Å². The molecule has 1 aromatic carbocycles. The van der Waals surface area contributed by atoms with Crippen LogP contribution in [-0.2, 0) is 0 Å². The van der Waals surface area contributed by atoms with E-state index in [2.05, 4.69) is 15.9 Å². The summed E-state index contributed by atoms with van der Waals surface area (Å²) in [5.74, 6) is -2.29. The predicted octanol–water partition coefficient (Wildman–Crippen LogP) is 2.71. The Morgan fingerprint density at radius 3 is 2.37 bits per heavy atom. The van der Waals surface area contributed by atoms with Gasteiger partial charge in [0.2, 0.25) is 0 Å². The molecule has 0 unspecified atom stereocenters. The molecule has 0 radical (unpaired) electrons. The minimum atomic E-state index is -1.02. The van der Waals surface area contributed by atoms with E-state index >= 15 is 0 Å². The maximum absolute atomic E-state index is 13.2. The maximum Gasteiger partial charge on any atom is 0.255 e. The summed E-state index contributed by atoms with van der Waals surface area (Å²) in [5, 5.41) is 0. The van der Waals surface area contributed by atoms with Crippen molar-refractivity contribution in [3.63, 3.8) is 0 Å². The third-order valence-electron chi connectivity index (χ3n) is 3.07. The fraction of sp³-hybridized carbons (Fsp3) is 0.417. The van der Waals surface area contributed by atoms with Crippen LogP contribution in [0, 0.1) is 11.6 Å². The van der Waals surface area contributed by atoms with Crippen LogP contribution >= 0.6 is 28.3 Å². The van der Waals surface area contributed by atoms with Crippen LogP contribution in [0.1, 0.15) is 23.2 Å². The Hall–Kier alpha value is -0.720. The Morgan fingerprint density at radius 1 is 1.26 bits per heavy atom. The van der Waals surface area contributed by atoms with Gasteiger partial charge in [0.1, 0.15) is 0 Å². The molecule has 1 saturated heterocycles. The van der Waals surface area contributed by atoms with Gasteiger partial charge in [0.05, 0.1) is 5.56 Å². The molecule has 7 heteroatoms. The van der Waals surface area contributed by atoms with Gasteiger partial charge in [0.25, 0.3) is 5.91 Å². The monoisotopic (exact) mass is 354 g/mol. The van der Waals surface area contributed by atoms with Crippen LogP contribution in [-0.4, -0.2) is 29.9 Å². The van der Waals surface area contributed by atoms with Crippen molar-refractivity contribution in [2.45, 2.75) is 18.9 Å². The first-order valence-corrected chi connectivity index (χ1v) is 6.47. The molecule has 19 heavy (non-hydrogen) atoms. The van der Waals surface area contributed by atoms with E-state index in [4.69, 9.17) is 5.73 Å². The van der Waals surface area contributed by atoms with Gasteiger partial charge in [0.15, 0.2) is 11.6 Å². The molecule has 3 nitrogen and oxygen atoms in total. The second-order valence-electron chi connectivity index (χ2n) is 4.38. The number of amides is 1. The molecule has 1 aliphatic rings.